The molecule has 4 aromatic rings. The van der Waals surface area contributed by atoms with E-state index >= 15 is 0 Å². The summed E-state index contributed by atoms with van der Waals surface area (Å²) in [5.74, 6) is 0.634. The van der Waals surface area contributed by atoms with Crippen LogP contribution in [0.2, 0.25) is 0 Å². The summed E-state index contributed by atoms with van der Waals surface area (Å²) >= 11 is 10.5. The Kier molecular flexibility index (Phi) is 7.09. The molecule has 5 nitrogen and oxygen atoms in total. The van der Waals surface area contributed by atoms with Gasteiger partial charge in [0.2, 0.25) is 0 Å². The van der Waals surface area contributed by atoms with Crippen molar-refractivity contribution < 1.29 is 9.53 Å². The number of carbonyl (C=O) groups is 1. The fraction of sp³-hybridized carbons (Fsp3) is 0.107. The Labute approximate surface area is 227 Å². The Balaban J connectivity index is 1.56. The van der Waals surface area contributed by atoms with Crippen molar-refractivity contribution in [2.45, 2.75) is 13.0 Å². The van der Waals surface area contributed by atoms with Gasteiger partial charge in [0.05, 0.1) is 28.2 Å². The van der Waals surface area contributed by atoms with E-state index in [-0.39, 0.29) is 11.9 Å². The molecule has 36 heavy (non-hydrogen) atoms. The summed E-state index contributed by atoms with van der Waals surface area (Å²) in [6.07, 6.45) is 3.83. The van der Waals surface area contributed by atoms with Gasteiger partial charge in [0.1, 0.15) is 15.8 Å². The SMILES string of the molecule is COc1ccc(-c2nn(-c3ccccc3)cc2/C=C2\SC(=S)N([C@@H](C)c3ccccc3)C2=O)cc1Br. The van der Waals surface area contributed by atoms with E-state index in [1.54, 1.807) is 12.0 Å². The van der Waals surface area contributed by atoms with Crippen LogP contribution in [0.3, 0.4) is 0 Å². The molecular formula is C28H22BrN3O2S2. The van der Waals surface area contributed by atoms with Crippen molar-refractivity contribution in [3.05, 3.63) is 106 Å². The molecule has 1 saturated heterocycles. The first kappa shape index (κ1) is 24.5. The molecule has 1 aliphatic rings. The maximum atomic E-state index is 13.5. The molecule has 5 rings (SSSR count). The molecule has 1 aliphatic heterocycles. The number of benzene rings is 3. The van der Waals surface area contributed by atoms with Crippen LogP contribution in [-0.4, -0.2) is 32.0 Å². The second-order valence-corrected chi connectivity index (χ2v) is 10.7. The zero-order valence-corrected chi connectivity index (χ0v) is 22.8. The van der Waals surface area contributed by atoms with E-state index in [0.717, 1.165) is 38.3 Å². The quantitative estimate of drug-likeness (QED) is 0.179. The molecule has 0 aliphatic carbocycles. The van der Waals surface area contributed by atoms with Gasteiger partial charge in [-0.1, -0.05) is 72.5 Å². The number of carbonyl (C=O) groups excluding carboxylic acids is 1. The first-order valence-electron chi connectivity index (χ1n) is 11.3. The number of ether oxygens (including phenoxy) is 1. The van der Waals surface area contributed by atoms with Crippen molar-refractivity contribution in [3.63, 3.8) is 0 Å². The highest BCUT2D eigenvalue weighted by Gasteiger charge is 2.36. The van der Waals surface area contributed by atoms with Gasteiger partial charge in [-0.05, 0) is 64.8 Å². The van der Waals surface area contributed by atoms with E-state index in [4.69, 9.17) is 22.1 Å². The van der Waals surface area contributed by atoms with Crippen LogP contribution < -0.4 is 4.74 Å². The lowest BCUT2D eigenvalue weighted by atomic mass is 10.1. The van der Waals surface area contributed by atoms with Crippen LogP contribution in [0.1, 0.15) is 24.1 Å². The number of methoxy groups -OCH3 is 1. The van der Waals surface area contributed by atoms with Gasteiger partial charge in [0, 0.05) is 17.3 Å². The lowest BCUT2D eigenvalue weighted by molar-refractivity contribution is -0.123. The third-order valence-corrected chi connectivity index (χ3v) is 7.92. The van der Waals surface area contributed by atoms with Gasteiger partial charge < -0.3 is 4.74 Å². The van der Waals surface area contributed by atoms with E-state index in [1.807, 2.05) is 103 Å². The minimum Gasteiger partial charge on any atom is -0.496 e. The Hall–Kier alpha value is -3.20. The smallest absolute Gasteiger partial charge is 0.266 e. The van der Waals surface area contributed by atoms with Gasteiger partial charge in [-0.2, -0.15) is 5.10 Å². The molecule has 0 saturated carbocycles. The van der Waals surface area contributed by atoms with Gasteiger partial charge in [-0.25, -0.2) is 4.68 Å². The highest BCUT2D eigenvalue weighted by Crippen LogP contribution is 2.39. The topological polar surface area (TPSA) is 47.4 Å². The summed E-state index contributed by atoms with van der Waals surface area (Å²) in [7, 11) is 1.63. The van der Waals surface area contributed by atoms with Crippen molar-refractivity contribution in [1.82, 2.24) is 14.7 Å². The average Bonchev–Trinajstić information content (AvgIpc) is 3.45. The number of hydrogen-bond acceptors (Lipinski definition) is 5. The number of thioether (sulfide) groups is 1. The summed E-state index contributed by atoms with van der Waals surface area (Å²) in [6.45, 7) is 2.00. The summed E-state index contributed by atoms with van der Waals surface area (Å²) in [6, 6.07) is 25.5. The van der Waals surface area contributed by atoms with Gasteiger partial charge in [0.15, 0.2) is 0 Å². The fourth-order valence-electron chi connectivity index (χ4n) is 4.08. The fourth-order valence-corrected chi connectivity index (χ4v) is 6.03. The number of aromatic nitrogens is 2. The van der Waals surface area contributed by atoms with Crippen LogP contribution in [0.4, 0.5) is 0 Å². The van der Waals surface area contributed by atoms with E-state index in [0.29, 0.717) is 9.23 Å². The number of amides is 1. The van der Waals surface area contributed by atoms with E-state index in [2.05, 4.69) is 15.9 Å². The number of nitrogens with zero attached hydrogens (tertiary/aromatic N) is 3. The minimum atomic E-state index is -0.159. The van der Waals surface area contributed by atoms with Crippen molar-refractivity contribution >= 4 is 56.2 Å². The molecule has 180 valence electrons. The molecule has 8 heteroatoms. The highest BCUT2D eigenvalue weighted by atomic mass is 79.9. The van der Waals surface area contributed by atoms with Crippen LogP contribution in [0.15, 0.2) is 94.4 Å². The number of thiocarbonyl (C=S) groups is 1. The minimum absolute atomic E-state index is 0.101. The Morgan fingerprint density at radius 1 is 1.06 bits per heavy atom. The molecule has 2 heterocycles. The summed E-state index contributed by atoms with van der Waals surface area (Å²) in [5, 5.41) is 4.88. The first-order chi connectivity index (χ1) is 17.5. The van der Waals surface area contributed by atoms with Crippen LogP contribution in [0, 0.1) is 0 Å². The van der Waals surface area contributed by atoms with Gasteiger partial charge in [-0.3, -0.25) is 9.69 Å². The van der Waals surface area contributed by atoms with Gasteiger partial charge in [-0.15, -0.1) is 0 Å². The molecule has 0 bridgehead atoms. The zero-order valence-electron chi connectivity index (χ0n) is 19.6. The third-order valence-electron chi connectivity index (χ3n) is 5.97. The van der Waals surface area contributed by atoms with Crippen molar-refractivity contribution in [2.24, 2.45) is 0 Å². The second-order valence-electron chi connectivity index (χ2n) is 8.20. The molecule has 1 fully saturated rings. The zero-order chi connectivity index (χ0) is 25.2. The van der Waals surface area contributed by atoms with E-state index < -0.39 is 0 Å². The number of rotatable bonds is 6. The molecule has 1 aromatic heterocycles. The Bertz CT molecular complexity index is 1470. The molecule has 1 atom stereocenters. The van der Waals surface area contributed by atoms with Crippen molar-refractivity contribution in [1.29, 1.82) is 0 Å². The lowest BCUT2D eigenvalue weighted by Crippen LogP contribution is -2.30. The van der Waals surface area contributed by atoms with E-state index in [1.165, 1.54) is 11.8 Å². The first-order valence-corrected chi connectivity index (χ1v) is 13.3. The van der Waals surface area contributed by atoms with Crippen LogP contribution >= 0.6 is 39.9 Å². The molecule has 1 amide bonds. The third kappa shape index (κ3) is 4.76. The maximum absolute atomic E-state index is 13.5. The largest absolute Gasteiger partial charge is 0.496 e. The molecule has 0 radical (unpaired) electrons. The molecule has 3 aromatic carbocycles. The van der Waals surface area contributed by atoms with Crippen molar-refractivity contribution in [3.8, 4) is 22.7 Å². The number of halogens is 1. The second kappa shape index (κ2) is 10.4. The average molecular weight is 577 g/mol. The summed E-state index contributed by atoms with van der Waals surface area (Å²) in [5.41, 5.74) is 4.44. The molecule has 0 spiro atoms. The van der Waals surface area contributed by atoms with Crippen molar-refractivity contribution in [2.75, 3.05) is 7.11 Å². The molecular weight excluding hydrogens is 554 g/mol. The predicted molar refractivity (Wildman–Crippen MR) is 153 cm³/mol. The standard InChI is InChI=1S/C28H22BrN3O2S2/c1-18(19-9-5-3-6-10-19)32-27(33)25(36-28(32)35)16-21-17-31(22-11-7-4-8-12-22)30-26(21)20-13-14-24(34-2)23(29)15-20/h3-18H,1-2H3/b25-16-/t18-/m0/s1. The van der Waals surface area contributed by atoms with E-state index in [9.17, 15) is 4.79 Å². The maximum Gasteiger partial charge on any atom is 0.266 e. The van der Waals surface area contributed by atoms with Crippen LogP contribution in [-0.2, 0) is 4.79 Å². The normalized spacial score (nSPS) is 15.5. The predicted octanol–water partition coefficient (Wildman–Crippen LogP) is 7.27. The van der Waals surface area contributed by atoms with Gasteiger partial charge >= 0.3 is 0 Å². The Morgan fingerprint density at radius 2 is 1.75 bits per heavy atom. The lowest BCUT2D eigenvalue weighted by Gasteiger charge is -2.23. The Morgan fingerprint density at radius 3 is 2.42 bits per heavy atom. The number of hydrogen-bond donors (Lipinski definition) is 0. The highest BCUT2D eigenvalue weighted by molar-refractivity contribution is 9.10. The molecule has 0 unspecified atom stereocenters. The summed E-state index contributed by atoms with van der Waals surface area (Å²) < 4.78 is 8.59. The van der Waals surface area contributed by atoms with Crippen LogP contribution in [0.5, 0.6) is 5.75 Å². The molecule has 0 N–H and O–H groups in total. The van der Waals surface area contributed by atoms with Gasteiger partial charge in [0.25, 0.3) is 5.91 Å². The summed E-state index contributed by atoms with van der Waals surface area (Å²) in [4.78, 5) is 15.8. The van der Waals surface area contributed by atoms with Crippen LogP contribution in [0.25, 0.3) is 23.0 Å². The monoisotopic (exact) mass is 575 g/mol. The number of para-hydroxylation sites is 1.